The van der Waals surface area contributed by atoms with E-state index in [0.717, 1.165) is 22.2 Å². The number of nitrogens with zero attached hydrogens (tertiary/aromatic N) is 1. The van der Waals surface area contributed by atoms with Crippen molar-refractivity contribution in [1.82, 2.24) is 4.98 Å². The fraction of sp³-hybridized carbons (Fsp3) is 0.200. The lowest BCUT2D eigenvalue weighted by molar-refractivity contribution is -0.384. The van der Waals surface area contributed by atoms with Crippen LogP contribution in [-0.4, -0.2) is 26.8 Å². The molecule has 0 aliphatic carbocycles. The highest BCUT2D eigenvalue weighted by molar-refractivity contribution is 6.17. The topological polar surface area (TPSA) is 113 Å². The van der Waals surface area contributed by atoms with E-state index < -0.39 is 10.9 Å². The van der Waals surface area contributed by atoms with Crippen molar-refractivity contribution in [3.8, 4) is 0 Å². The number of carbonyl (C=O) groups excluding carboxylic acids is 1. The van der Waals surface area contributed by atoms with Crippen LogP contribution in [0.2, 0.25) is 0 Å². The van der Waals surface area contributed by atoms with Gasteiger partial charge in [0.15, 0.2) is 5.78 Å². The molecule has 0 saturated carbocycles. The highest BCUT2D eigenvalue weighted by atomic mass is 16.6. The summed E-state index contributed by atoms with van der Waals surface area (Å²) in [7, 11) is 0. The monoisotopic (exact) mass is 366 g/mol. The minimum atomic E-state index is -0.861. The first-order chi connectivity index (χ1) is 12.9. The van der Waals surface area contributed by atoms with E-state index in [0.29, 0.717) is 18.4 Å². The minimum absolute atomic E-state index is 0.0487. The number of rotatable bonds is 7. The van der Waals surface area contributed by atoms with Crippen LogP contribution in [0, 0.1) is 17.0 Å². The molecular formula is C20H18N2O5. The first kappa shape index (κ1) is 18.3. The van der Waals surface area contributed by atoms with Gasteiger partial charge in [0, 0.05) is 46.3 Å². The summed E-state index contributed by atoms with van der Waals surface area (Å²) in [5, 5.41) is 20.6. The van der Waals surface area contributed by atoms with Gasteiger partial charge in [0.1, 0.15) is 0 Å². The van der Waals surface area contributed by atoms with E-state index in [2.05, 4.69) is 4.98 Å². The minimum Gasteiger partial charge on any atom is -0.481 e. The number of nitro groups is 1. The van der Waals surface area contributed by atoms with Crippen LogP contribution in [0.5, 0.6) is 0 Å². The van der Waals surface area contributed by atoms with Crippen LogP contribution in [0.3, 0.4) is 0 Å². The van der Waals surface area contributed by atoms with Gasteiger partial charge in [0.2, 0.25) is 0 Å². The summed E-state index contributed by atoms with van der Waals surface area (Å²) in [5.41, 5.74) is 3.12. The number of benzene rings is 2. The summed E-state index contributed by atoms with van der Waals surface area (Å²) in [6.45, 7) is 1.89. The van der Waals surface area contributed by atoms with Gasteiger partial charge in [-0.3, -0.25) is 19.7 Å². The van der Waals surface area contributed by atoms with Gasteiger partial charge in [-0.25, -0.2) is 0 Å². The number of aromatic amines is 1. The highest BCUT2D eigenvalue weighted by Crippen LogP contribution is 2.29. The predicted octanol–water partition coefficient (Wildman–Crippen LogP) is 4.02. The molecule has 7 heteroatoms. The summed E-state index contributed by atoms with van der Waals surface area (Å²) < 4.78 is 0. The molecule has 138 valence electrons. The molecule has 7 nitrogen and oxygen atoms in total. The zero-order valence-electron chi connectivity index (χ0n) is 14.7. The highest BCUT2D eigenvalue weighted by Gasteiger charge is 2.19. The van der Waals surface area contributed by atoms with Gasteiger partial charge in [-0.15, -0.1) is 0 Å². The molecule has 0 atom stereocenters. The Kier molecular flexibility index (Phi) is 5.03. The summed E-state index contributed by atoms with van der Waals surface area (Å²) in [6.07, 6.45) is 1.03. The first-order valence-electron chi connectivity index (χ1n) is 8.49. The van der Waals surface area contributed by atoms with Crippen molar-refractivity contribution in [2.75, 3.05) is 0 Å². The molecule has 27 heavy (non-hydrogen) atoms. The number of aryl methyl sites for hydroxylation is 2. The fourth-order valence-corrected chi connectivity index (χ4v) is 3.28. The molecule has 0 spiro atoms. The largest absolute Gasteiger partial charge is 0.481 e. The quantitative estimate of drug-likeness (QED) is 0.372. The fourth-order valence-electron chi connectivity index (χ4n) is 3.28. The number of H-pyrrole nitrogens is 1. The van der Waals surface area contributed by atoms with E-state index in [1.165, 1.54) is 18.2 Å². The molecule has 0 aliphatic heterocycles. The van der Waals surface area contributed by atoms with E-state index in [9.17, 15) is 19.7 Å². The van der Waals surface area contributed by atoms with E-state index in [4.69, 9.17) is 5.11 Å². The second-order valence-corrected chi connectivity index (χ2v) is 6.34. The third-order valence-electron chi connectivity index (χ3n) is 4.52. The number of aliphatic carboxylic acids is 1. The molecule has 0 unspecified atom stereocenters. The number of carboxylic acids is 1. The molecule has 3 aromatic rings. The van der Waals surface area contributed by atoms with Gasteiger partial charge < -0.3 is 10.1 Å². The average molecular weight is 366 g/mol. The Morgan fingerprint density at radius 1 is 1.19 bits per heavy atom. The Labute approximate surface area is 154 Å². The van der Waals surface area contributed by atoms with E-state index in [-0.39, 0.29) is 23.5 Å². The molecule has 1 aromatic heterocycles. The molecular weight excluding hydrogens is 348 g/mol. The van der Waals surface area contributed by atoms with Crippen molar-refractivity contribution in [2.45, 2.75) is 26.2 Å². The Morgan fingerprint density at radius 2 is 1.93 bits per heavy atom. The van der Waals surface area contributed by atoms with E-state index >= 15 is 0 Å². The number of hydrogen-bond donors (Lipinski definition) is 2. The Balaban J connectivity index is 2.06. The number of carbonyl (C=O) groups is 2. The van der Waals surface area contributed by atoms with Crippen LogP contribution in [0.25, 0.3) is 10.9 Å². The lowest BCUT2D eigenvalue weighted by Gasteiger charge is -2.07. The standard InChI is InChI=1S/C20H18N2O5/c1-12-15(7-4-10-18(23)24)19-16(8-3-9-17(19)21-12)20(25)13-5-2-6-14(11-13)22(26)27/h2-3,5-6,8-9,11,21H,4,7,10H2,1H3,(H,23,24). The molecule has 0 radical (unpaired) electrons. The lowest BCUT2D eigenvalue weighted by atomic mass is 9.95. The van der Waals surface area contributed by atoms with Gasteiger partial charge >= 0.3 is 5.97 Å². The normalized spacial score (nSPS) is 10.9. The van der Waals surface area contributed by atoms with Gasteiger partial charge in [-0.1, -0.05) is 24.3 Å². The first-order valence-corrected chi connectivity index (χ1v) is 8.49. The maximum atomic E-state index is 13.0. The number of non-ortho nitro benzene ring substituents is 1. The van der Waals surface area contributed by atoms with E-state index in [1.807, 2.05) is 13.0 Å². The van der Waals surface area contributed by atoms with Gasteiger partial charge in [0.05, 0.1) is 4.92 Å². The molecule has 0 bridgehead atoms. The third kappa shape index (κ3) is 3.72. The molecule has 0 amide bonds. The predicted molar refractivity (Wildman–Crippen MR) is 100 cm³/mol. The molecule has 0 aliphatic rings. The van der Waals surface area contributed by atoms with Gasteiger partial charge in [-0.05, 0) is 31.4 Å². The maximum absolute atomic E-state index is 13.0. The van der Waals surface area contributed by atoms with Crippen molar-refractivity contribution in [3.05, 3.63) is 75.0 Å². The average Bonchev–Trinajstić information content (AvgIpc) is 2.96. The molecule has 2 N–H and O–H groups in total. The van der Waals surface area contributed by atoms with Crippen LogP contribution in [0.4, 0.5) is 5.69 Å². The van der Waals surface area contributed by atoms with Crippen LogP contribution in [-0.2, 0) is 11.2 Å². The zero-order valence-corrected chi connectivity index (χ0v) is 14.7. The Bertz CT molecular complexity index is 1050. The number of nitro benzene ring substituents is 1. The number of carboxylic acid groups (broad SMARTS) is 1. The second kappa shape index (κ2) is 7.41. The molecule has 1 heterocycles. The number of hydrogen-bond acceptors (Lipinski definition) is 4. The molecule has 2 aromatic carbocycles. The number of aromatic nitrogens is 1. The third-order valence-corrected chi connectivity index (χ3v) is 4.52. The van der Waals surface area contributed by atoms with Gasteiger partial charge in [0.25, 0.3) is 5.69 Å². The maximum Gasteiger partial charge on any atom is 0.303 e. The summed E-state index contributed by atoms with van der Waals surface area (Å²) in [5.74, 6) is -1.16. The zero-order chi connectivity index (χ0) is 19.6. The lowest BCUT2D eigenvalue weighted by Crippen LogP contribution is -2.04. The summed E-state index contributed by atoms with van der Waals surface area (Å²) >= 11 is 0. The smallest absolute Gasteiger partial charge is 0.303 e. The SMILES string of the molecule is Cc1[nH]c2cccc(C(=O)c3cccc([N+](=O)[O-])c3)c2c1CCCC(=O)O. The second-order valence-electron chi connectivity index (χ2n) is 6.34. The van der Waals surface area contributed by atoms with Gasteiger partial charge in [-0.2, -0.15) is 0 Å². The van der Waals surface area contributed by atoms with Crippen LogP contribution >= 0.6 is 0 Å². The molecule has 0 saturated heterocycles. The summed E-state index contributed by atoms with van der Waals surface area (Å²) in [4.78, 5) is 37.6. The van der Waals surface area contributed by atoms with Crippen molar-refractivity contribution in [3.63, 3.8) is 0 Å². The van der Waals surface area contributed by atoms with Crippen LogP contribution in [0.15, 0.2) is 42.5 Å². The van der Waals surface area contributed by atoms with Crippen molar-refractivity contribution in [1.29, 1.82) is 0 Å². The van der Waals surface area contributed by atoms with Crippen molar-refractivity contribution >= 4 is 28.3 Å². The molecule has 0 fully saturated rings. The van der Waals surface area contributed by atoms with Crippen molar-refractivity contribution < 1.29 is 19.6 Å². The number of ketones is 1. The summed E-state index contributed by atoms with van der Waals surface area (Å²) in [6, 6.07) is 11.0. The Hall–Kier alpha value is -3.48. The molecule has 3 rings (SSSR count). The van der Waals surface area contributed by atoms with Crippen LogP contribution in [0.1, 0.15) is 40.0 Å². The Morgan fingerprint density at radius 3 is 2.63 bits per heavy atom. The van der Waals surface area contributed by atoms with Crippen molar-refractivity contribution in [2.24, 2.45) is 0 Å². The van der Waals surface area contributed by atoms with E-state index in [1.54, 1.807) is 18.2 Å². The number of nitrogens with one attached hydrogen (secondary N) is 1. The number of fused-ring (bicyclic) bond motifs is 1. The van der Waals surface area contributed by atoms with Crippen LogP contribution < -0.4 is 0 Å².